The molecule has 0 radical (unpaired) electrons. The van der Waals surface area contributed by atoms with Gasteiger partial charge in [0.1, 0.15) is 0 Å². The average Bonchev–Trinajstić information content (AvgIpc) is 2.84. The third-order valence-electron chi connectivity index (χ3n) is 3.58. The Balaban J connectivity index is 2.01. The van der Waals surface area contributed by atoms with Gasteiger partial charge in [0.05, 0.1) is 18.2 Å². The summed E-state index contributed by atoms with van der Waals surface area (Å²) < 4.78 is 1.79. The molecule has 1 atom stereocenters. The Bertz CT molecular complexity index is 486. The fourth-order valence-electron chi connectivity index (χ4n) is 2.57. The molecule has 2 rings (SSSR count). The van der Waals surface area contributed by atoms with Gasteiger partial charge < -0.3 is 15.3 Å². The van der Waals surface area contributed by atoms with Gasteiger partial charge in [0, 0.05) is 26.3 Å². The van der Waals surface area contributed by atoms with Crippen LogP contribution in [0.4, 0.5) is 4.79 Å². The van der Waals surface area contributed by atoms with Crippen LogP contribution in [0.15, 0.2) is 12.3 Å². The molecule has 1 saturated heterocycles. The third-order valence-corrected chi connectivity index (χ3v) is 3.58. The Morgan fingerprint density at radius 2 is 2.30 bits per heavy atom. The van der Waals surface area contributed by atoms with Crippen molar-refractivity contribution in [1.82, 2.24) is 20.0 Å². The Morgan fingerprint density at radius 1 is 1.50 bits per heavy atom. The summed E-state index contributed by atoms with van der Waals surface area (Å²) in [6.07, 6.45) is 4.63. The van der Waals surface area contributed by atoms with E-state index in [-0.39, 0.29) is 25.0 Å². The summed E-state index contributed by atoms with van der Waals surface area (Å²) >= 11 is 0. The molecule has 1 aromatic rings. The number of urea groups is 1. The van der Waals surface area contributed by atoms with Gasteiger partial charge in [-0.3, -0.25) is 9.48 Å². The summed E-state index contributed by atoms with van der Waals surface area (Å²) in [6.45, 7) is 0.845. The number of carbonyl (C=O) groups excluding carboxylic acids is 1. The molecule has 20 heavy (non-hydrogen) atoms. The van der Waals surface area contributed by atoms with Crippen LogP contribution in [0.5, 0.6) is 0 Å². The van der Waals surface area contributed by atoms with Crippen LogP contribution in [0.1, 0.15) is 37.4 Å². The SMILES string of the molecule is Cn1nccc1C1CCCCN1C(=O)NCCC(=O)O. The lowest BCUT2D eigenvalue weighted by molar-refractivity contribution is -0.136. The van der Waals surface area contributed by atoms with Crippen LogP contribution in [0.25, 0.3) is 0 Å². The number of carboxylic acid groups (broad SMARTS) is 1. The molecule has 2 amide bonds. The highest BCUT2D eigenvalue weighted by atomic mass is 16.4. The van der Waals surface area contributed by atoms with Crippen LogP contribution < -0.4 is 5.32 Å². The molecule has 1 aliphatic heterocycles. The Morgan fingerprint density at radius 3 is 2.95 bits per heavy atom. The molecule has 0 bridgehead atoms. The number of nitrogens with one attached hydrogen (secondary N) is 1. The number of likely N-dealkylation sites (tertiary alicyclic amines) is 1. The number of rotatable bonds is 4. The molecule has 0 spiro atoms. The lowest BCUT2D eigenvalue weighted by atomic mass is 10.00. The van der Waals surface area contributed by atoms with E-state index in [2.05, 4.69) is 10.4 Å². The number of nitrogens with zero attached hydrogens (tertiary/aromatic N) is 3. The molecule has 2 heterocycles. The lowest BCUT2D eigenvalue weighted by Gasteiger charge is -2.35. The van der Waals surface area contributed by atoms with Gasteiger partial charge in [-0.15, -0.1) is 0 Å². The van der Waals surface area contributed by atoms with Crippen LogP contribution in [0.3, 0.4) is 0 Å². The molecule has 110 valence electrons. The van der Waals surface area contributed by atoms with E-state index in [0.29, 0.717) is 6.54 Å². The molecule has 7 heteroatoms. The minimum absolute atomic E-state index is 0.0149. The van der Waals surface area contributed by atoms with Gasteiger partial charge in [-0.2, -0.15) is 5.10 Å². The van der Waals surface area contributed by atoms with E-state index in [4.69, 9.17) is 5.11 Å². The summed E-state index contributed by atoms with van der Waals surface area (Å²) in [5.41, 5.74) is 1.01. The maximum absolute atomic E-state index is 12.2. The van der Waals surface area contributed by atoms with Gasteiger partial charge in [0.2, 0.25) is 0 Å². The standard InChI is InChI=1S/C13H20N4O3/c1-16-10(5-8-15-16)11-4-2-3-9-17(11)13(20)14-7-6-12(18)19/h5,8,11H,2-4,6-7,9H2,1H3,(H,14,20)(H,18,19). The zero-order valence-corrected chi connectivity index (χ0v) is 11.6. The second-order valence-electron chi connectivity index (χ2n) is 4.96. The average molecular weight is 280 g/mol. The number of carboxylic acids is 1. The molecular formula is C13H20N4O3. The lowest BCUT2D eigenvalue weighted by Crippen LogP contribution is -2.45. The number of amides is 2. The van der Waals surface area contributed by atoms with Crippen LogP contribution in [0.2, 0.25) is 0 Å². The number of aryl methyl sites for hydroxylation is 1. The zero-order valence-electron chi connectivity index (χ0n) is 11.6. The van der Waals surface area contributed by atoms with Crippen molar-refractivity contribution in [3.63, 3.8) is 0 Å². The number of hydrogen-bond donors (Lipinski definition) is 2. The number of hydrogen-bond acceptors (Lipinski definition) is 3. The van der Waals surface area contributed by atoms with Gasteiger partial charge in [-0.1, -0.05) is 0 Å². The van der Waals surface area contributed by atoms with E-state index in [1.807, 2.05) is 13.1 Å². The topological polar surface area (TPSA) is 87.5 Å². The molecular weight excluding hydrogens is 260 g/mol. The fourth-order valence-corrected chi connectivity index (χ4v) is 2.57. The van der Waals surface area contributed by atoms with Gasteiger partial charge in [0.25, 0.3) is 0 Å². The van der Waals surface area contributed by atoms with Crippen molar-refractivity contribution in [3.05, 3.63) is 18.0 Å². The minimum Gasteiger partial charge on any atom is -0.481 e. The van der Waals surface area contributed by atoms with E-state index in [9.17, 15) is 9.59 Å². The van der Waals surface area contributed by atoms with E-state index >= 15 is 0 Å². The number of carbonyl (C=O) groups is 2. The van der Waals surface area contributed by atoms with Crippen molar-refractivity contribution in [1.29, 1.82) is 0 Å². The Kier molecular flexibility index (Phi) is 4.60. The molecule has 7 nitrogen and oxygen atoms in total. The smallest absolute Gasteiger partial charge is 0.317 e. The highest BCUT2D eigenvalue weighted by molar-refractivity contribution is 5.75. The zero-order chi connectivity index (χ0) is 14.5. The first-order valence-corrected chi connectivity index (χ1v) is 6.83. The normalized spacial score (nSPS) is 18.9. The second-order valence-corrected chi connectivity index (χ2v) is 4.96. The minimum atomic E-state index is -0.910. The monoisotopic (exact) mass is 280 g/mol. The molecule has 1 aromatic heterocycles. The maximum atomic E-state index is 12.2. The van der Waals surface area contributed by atoms with Gasteiger partial charge in [-0.05, 0) is 25.3 Å². The largest absolute Gasteiger partial charge is 0.481 e. The first kappa shape index (κ1) is 14.4. The summed E-state index contributed by atoms with van der Waals surface area (Å²) in [7, 11) is 1.87. The van der Waals surface area contributed by atoms with Gasteiger partial charge in [-0.25, -0.2) is 4.79 Å². The van der Waals surface area contributed by atoms with Crippen molar-refractivity contribution >= 4 is 12.0 Å². The molecule has 1 fully saturated rings. The number of aromatic nitrogens is 2. The van der Waals surface area contributed by atoms with Crippen molar-refractivity contribution < 1.29 is 14.7 Å². The predicted molar refractivity (Wildman–Crippen MR) is 72.2 cm³/mol. The maximum Gasteiger partial charge on any atom is 0.317 e. The van der Waals surface area contributed by atoms with Gasteiger partial charge in [0.15, 0.2) is 0 Å². The highest BCUT2D eigenvalue weighted by Gasteiger charge is 2.29. The first-order valence-electron chi connectivity index (χ1n) is 6.83. The van der Waals surface area contributed by atoms with Crippen LogP contribution in [-0.4, -0.2) is 44.9 Å². The molecule has 0 saturated carbocycles. The summed E-state index contributed by atoms with van der Waals surface area (Å²) in [5.74, 6) is -0.910. The van der Waals surface area contributed by atoms with Crippen molar-refractivity contribution in [2.45, 2.75) is 31.7 Å². The van der Waals surface area contributed by atoms with E-state index in [0.717, 1.165) is 25.0 Å². The van der Waals surface area contributed by atoms with Crippen molar-refractivity contribution in [2.75, 3.05) is 13.1 Å². The predicted octanol–water partition coefficient (Wildman–Crippen LogP) is 1.13. The van der Waals surface area contributed by atoms with Crippen LogP contribution in [0, 0.1) is 0 Å². The summed E-state index contributed by atoms with van der Waals surface area (Å²) in [4.78, 5) is 24.4. The Labute approximate surface area is 117 Å². The van der Waals surface area contributed by atoms with E-state index in [1.165, 1.54) is 0 Å². The highest BCUT2D eigenvalue weighted by Crippen LogP contribution is 2.30. The first-order chi connectivity index (χ1) is 9.59. The van der Waals surface area contributed by atoms with Crippen LogP contribution >= 0.6 is 0 Å². The number of piperidine rings is 1. The Hall–Kier alpha value is -2.05. The molecule has 1 aliphatic rings. The van der Waals surface area contributed by atoms with Crippen molar-refractivity contribution in [3.8, 4) is 0 Å². The molecule has 0 aliphatic carbocycles. The van der Waals surface area contributed by atoms with Crippen LogP contribution in [-0.2, 0) is 11.8 Å². The van der Waals surface area contributed by atoms with E-state index in [1.54, 1.807) is 15.8 Å². The fraction of sp³-hybridized carbons (Fsp3) is 0.615. The summed E-state index contributed by atoms with van der Waals surface area (Å²) in [5, 5.41) is 15.4. The van der Waals surface area contributed by atoms with Gasteiger partial charge >= 0.3 is 12.0 Å². The quantitative estimate of drug-likeness (QED) is 0.865. The second kappa shape index (κ2) is 6.40. The number of aliphatic carboxylic acids is 1. The molecule has 1 unspecified atom stereocenters. The summed E-state index contributed by atoms with van der Waals surface area (Å²) in [6, 6.07) is 1.74. The molecule has 2 N–H and O–H groups in total. The van der Waals surface area contributed by atoms with E-state index < -0.39 is 5.97 Å². The molecule has 0 aromatic carbocycles. The van der Waals surface area contributed by atoms with Crippen molar-refractivity contribution in [2.24, 2.45) is 7.05 Å². The third kappa shape index (κ3) is 3.28.